The Morgan fingerprint density at radius 1 is 1.11 bits per heavy atom. The van der Waals surface area contributed by atoms with E-state index in [0.717, 1.165) is 50.5 Å². The van der Waals surface area contributed by atoms with Crippen molar-refractivity contribution in [3.05, 3.63) is 65.4 Å². The van der Waals surface area contributed by atoms with Crippen LogP contribution in [0.25, 0.3) is 10.9 Å². The van der Waals surface area contributed by atoms with Crippen molar-refractivity contribution >= 4 is 10.9 Å². The third-order valence-electron chi connectivity index (χ3n) is 6.14. The normalized spacial score (nSPS) is 21.0. The lowest BCUT2D eigenvalue weighted by molar-refractivity contribution is 0.196. The molecule has 2 aromatic heterocycles. The summed E-state index contributed by atoms with van der Waals surface area (Å²) in [6, 6.07) is 10.7. The van der Waals surface area contributed by atoms with Crippen molar-refractivity contribution in [3.63, 3.8) is 0 Å². The molecule has 1 fully saturated rings. The van der Waals surface area contributed by atoms with Crippen molar-refractivity contribution in [2.24, 2.45) is 0 Å². The molecular formula is C23H27N5. The molecule has 5 rings (SSSR count). The minimum atomic E-state index is 0.437. The molecule has 2 aliphatic heterocycles. The molecule has 5 nitrogen and oxygen atoms in total. The first-order valence-electron chi connectivity index (χ1n) is 10.3. The molecule has 0 aliphatic carbocycles. The molecule has 0 amide bonds. The van der Waals surface area contributed by atoms with E-state index < -0.39 is 0 Å². The molecule has 1 atom stereocenters. The van der Waals surface area contributed by atoms with Gasteiger partial charge in [0.15, 0.2) is 0 Å². The number of benzene rings is 1. The SMILES string of the molecule is CN1CCc2nc(C3CCCN(Cc4cccc5ncccc45)C3)ncc2C1. The maximum absolute atomic E-state index is 4.99. The Kier molecular flexibility index (Phi) is 4.79. The highest BCUT2D eigenvalue weighted by atomic mass is 15.1. The van der Waals surface area contributed by atoms with Crippen LogP contribution in [0.1, 0.15) is 41.4 Å². The molecule has 5 heteroatoms. The van der Waals surface area contributed by atoms with Gasteiger partial charge in [-0.3, -0.25) is 9.88 Å². The third-order valence-corrected chi connectivity index (χ3v) is 6.14. The fourth-order valence-corrected chi connectivity index (χ4v) is 4.63. The molecule has 28 heavy (non-hydrogen) atoms. The summed E-state index contributed by atoms with van der Waals surface area (Å²) in [5.41, 5.74) is 5.01. The summed E-state index contributed by atoms with van der Waals surface area (Å²) in [5, 5.41) is 1.27. The number of rotatable bonds is 3. The average Bonchev–Trinajstić information content (AvgIpc) is 2.74. The fraction of sp³-hybridized carbons (Fsp3) is 0.435. The van der Waals surface area contributed by atoms with Gasteiger partial charge in [0.1, 0.15) is 5.82 Å². The van der Waals surface area contributed by atoms with Gasteiger partial charge in [0, 0.05) is 67.6 Å². The summed E-state index contributed by atoms with van der Waals surface area (Å²) < 4.78 is 0. The van der Waals surface area contributed by atoms with Gasteiger partial charge in [-0.05, 0) is 44.1 Å². The summed E-state index contributed by atoms with van der Waals surface area (Å²) in [7, 11) is 2.17. The summed E-state index contributed by atoms with van der Waals surface area (Å²) in [4.78, 5) is 19.2. The van der Waals surface area contributed by atoms with E-state index in [1.165, 1.54) is 35.0 Å². The molecule has 2 aliphatic rings. The molecule has 3 aromatic rings. The minimum absolute atomic E-state index is 0.437. The second-order valence-electron chi connectivity index (χ2n) is 8.25. The lowest BCUT2D eigenvalue weighted by atomic mass is 9.95. The Morgan fingerprint density at radius 3 is 3.04 bits per heavy atom. The predicted molar refractivity (Wildman–Crippen MR) is 111 cm³/mol. The van der Waals surface area contributed by atoms with Gasteiger partial charge in [0.25, 0.3) is 0 Å². The Morgan fingerprint density at radius 2 is 2.07 bits per heavy atom. The largest absolute Gasteiger partial charge is 0.302 e. The number of aromatic nitrogens is 3. The highest BCUT2D eigenvalue weighted by molar-refractivity contribution is 5.81. The Labute approximate surface area is 166 Å². The zero-order chi connectivity index (χ0) is 18.9. The molecule has 0 spiro atoms. The number of piperidine rings is 1. The van der Waals surface area contributed by atoms with Gasteiger partial charge < -0.3 is 4.90 Å². The van der Waals surface area contributed by atoms with Crippen LogP contribution >= 0.6 is 0 Å². The van der Waals surface area contributed by atoms with Gasteiger partial charge in [-0.15, -0.1) is 0 Å². The van der Waals surface area contributed by atoms with E-state index in [0.29, 0.717) is 5.92 Å². The van der Waals surface area contributed by atoms with Gasteiger partial charge in [0.05, 0.1) is 5.52 Å². The molecule has 0 bridgehead atoms. The number of hydrogen-bond acceptors (Lipinski definition) is 5. The molecule has 1 aromatic carbocycles. The van der Waals surface area contributed by atoms with Crippen molar-refractivity contribution in [2.45, 2.75) is 38.3 Å². The van der Waals surface area contributed by atoms with E-state index in [2.05, 4.69) is 52.3 Å². The van der Waals surface area contributed by atoms with Crippen molar-refractivity contribution in [1.29, 1.82) is 0 Å². The van der Waals surface area contributed by atoms with Crippen molar-refractivity contribution in [2.75, 3.05) is 26.7 Å². The summed E-state index contributed by atoms with van der Waals surface area (Å²) in [5.74, 6) is 1.49. The molecule has 0 N–H and O–H groups in total. The third kappa shape index (κ3) is 3.52. The van der Waals surface area contributed by atoms with E-state index in [9.17, 15) is 0 Å². The minimum Gasteiger partial charge on any atom is -0.302 e. The van der Waals surface area contributed by atoms with E-state index in [4.69, 9.17) is 9.97 Å². The first-order valence-corrected chi connectivity index (χ1v) is 10.3. The molecule has 4 heterocycles. The van der Waals surface area contributed by atoms with Gasteiger partial charge in [-0.2, -0.15) is 0 Å². The van der Waals surface area contributed by atoms with Crippen molar-refractivity contribution in [3.8, 4) is 0 Å². The zero-order valence-corrected chi connectivity index (χ0v) is 16.5. The first kappa shape index (κ1) is 17.7. The van der Waals surface area contributed by atoms with Gasteiger partial charge in [-0.1, -0.05) is 18.2 Å². The second-order valence-corrected chi connectivity index (χ2v) is 8.25. The first-order chi connectivity index (χ1) is 13.8. The molecule has 1 saturated heterocycles. The van der Waals surface area contributed by atoms with Crippen LogP contribution in [0.2, 0.25) is 0 Å². The number of nitrogens with zero attached hydrogens (tertiary/aromatic N) is 5. The van der Waals surface area contributed by atoms with E-state index in [1.807, 2.05) is 12.3 Å². The standard InChI is InChI=1S/C23H27N5/c1-27-12-9-21-19(14-27)13-25-23(26-21)18-6-4-11-28(16-18)15-17-5-2-8-22-20(17)7-3-10-24-22/h2-3,5,7-8,10,13,18H,4,6,9,11-12,14-16H2,1H3. The Hall–Kier alpha value is -2.37. The highest BCUT2D eigenvalue weighted by Gasteiger charge is 2.25. The summed E-state index contributed by atoms with van der Waals surface area (Å²) in [6.45, 7) is 5.21. The topological polar surface area (TPSA) is 45.2 Å². The van der Waals surface area contributed by atoms with E-state index in [1.54, 1.807) is 0 Å². The quantitative estimate of drug-likeness (QED) is 0.704. The Balaban J connectivity index is 1.34. The second kappa shape index (κ2) is 7.57. The number of hydrogen-bond donors (Lipinski definition) is 0. The van der Waals surface area contributed by atoms with Crippen LogP contribution in [-0.4, -0.2) is 51.4 Å². The van der Waals surface area contributed by atoms with Crippen LogP contribution in [0.4, 0.5) is 0 Å². The molecular weight excluding hydrogens is 346 g/mol. The molecule has 144 valence electrons. The van der Waals surface area contributed by atoms with Crippen LogP contribution in [0.3, 0.4) is 0 Å². The van der Waals surface area contributed by atoms with Crippen LogP contribution in [0, 0.1) is 0 Å². The van der Waals surface area contributed by atoms with E-state index in [-0.39, 0.29) is 0 Å². The van der Waals surface area contributed by atoms with Gasteiger partial charge in [0.2, 0.25) is 0 Å². The van der Waals surface area contributed by atoms with Gasteiger partial charge in [-0.25, -0.2) is 9.97 Å². The van der Waals surface area contributed by atoms with Crippen molar-refractivity contribution in [1.82, 2.24) is 24.8 Å². The summed E-state index contributed by atoms with van der Waals surface area (Å²) >= 11 is 0. The monoisotopic (exact) mass is 373 g/mol. The molecule has 0 radical (unpaired) electrons. The summed E-state index contributed by atoms with van der Waals surface area (Å²) in [6.07, 6.45) is 7.38. The number of fused-ring (bicyclic) bond motifs is 2. The zero-order valence-electron chi connectivity index (χ0n) is 16.5. The average molecular weight is 374 g/mol. The molecule has 1 unspecified atom stereocenters. The lowest BCUT2D eigenvalue weighted by Crippen LogP contribution is -2.35. The van der Waals surface area contributed by atoms with Crippen LogP contribution < -0.4 is 0 Å². The maximum atomic E-state index is 4.99. The number of likely N-dealkylation sites (N-methyl/N-ethyl adjacent to an activating group) is 1. The fourth-order valence-electron chi connectivity index (χ4n) is 4.63. The predicted octanol–water partition coefficient (Wildman–Crippen LogP) is 3.39. The van der Waals surface area contributed by atoms with Gasteiger partial charge >= 0.3 is 0 Å². The number of pyridine rings is 1. The molecule has 0 saturated carbocycles. The van der Waals surface area contributed by atoms with Crippen LogP contribution in [-0.2, 0) is 19.5 Å². The Bertz CT molecular complexity index is 980. The van der Waals surface area contributed by atoms with E-state index >= 15 is 0 Å². The van der Waals surface area contributed by atoms with Crippen LogP contribution in [0.15, 0.2) is 42.7 Å². The maximum Gasteiger partial charge on any atom is 0.132 e. The van der Waals surface area contributed by atoms with Crippen molar-refractivity contribution < 1.29 is 0 Å². The number of likely N-dealkylation sites (tertiary alicyclic amines) is 1. The highest BCUT2D eigenvalue weighted by Crippen LogP contribution is 2.28. The van der Waals surface area contributed by atoms with Crippen LogP contribution in [0.5, 0.6) is 0 Å². The smallest absolute Gasteiger partial charge is 0.132 e. The lowest BCUT2D eigenvalue weighted by Gasteiger charge is -2.33.